The highest BCUT2D eigenvalue weighted by molar-refractivity contribution is 5.94. The maximum Gasteiger partial charge on any atom is 0.329 e. The van der Waals surface area contributed by atoms with Crippen LogP contribution in [0, 0.1) is 0 Å². The molecule has 2 rings (SSSR count). The predicted molar refractivity (Wildman–Crippen MR) is 87.6 cm³/mol. The van der Waals surface area contributed by atoms with Gasteiger partial charge in [0.15, 0.2) is 0 Å². The van der Waals surface area contributed by atoms with Crippen LogP contribution in [0.25, 0.3) is 0 Å². The molecule has 1 aromatic rings. The second-order valence-electron chi connectivity index (χ2n) is 6.52. The second kappa shape index (κ2) is 6.89. The van der Waals surface area contributed by atoms with Crippen LogP contribution in [-0.2, 0) is 9.53 Å². The fourth-order valence-electron chi connectivity index (χ4n) is 2.56. The molecule has 1 saturated heterocycles. The summed E-state index contributed by atoms with van der Waals surface area (Å²) in [7, 11) is 1.55. The Hall–Kier alpha value is -2.24. The molecule has 1 aromatic carbocycles. The molecule has 23 heavy (non-hydrogen) atoms. The summed E-state index contributed by atoms with van der Waals surface area (Å²) >= 11 is 0. The van der Waals surface area contributed by atoms with Crippen molar-refractivity contribution in [2.45, 2.75) is 45.3 Å². The number of hydrogen-bond donors (Lipinski definition) is 1. The van der Waals surface area contributed by atoms with Crippen molar-refractivity contribution in [3.8, 4) is 5.75 Å². The van der Waals surface area contributed by atoms with Crippen LogP contribution in [0.15, 0.2) is 24.3 Å². The highest BCUT2D eigenvalue weighted by Gasteiger charge is 2.37. The number of rotatable bonds is 3. The van der Waals surface area contributed by atoms with Crippen LogP contribution in [0.4, 0.5) is 10.5 Å². The zero-order valence-corrected chi connectivity index (χ0v) is 14.1. The number of hydrogen-bond acceptors (Lipinski definition) is 4. The van der Waals surface area contributed by atoms with Crippen molar-refractivity contribution in [2.24, 2.45) is 0 Å². The van der Waals surface area contributed by atoms with Gasteiger partial charge in [-0.05, 0) is 45.7 Å². The van der Waals surface area contributed by atoms with Crippen molar-refractivity contribution in [3.63, 3.8) is 0 Å². The van der Waals surface area contributed by atoms with E-state index in [1.54, 1.807) is 19.2 Å². The Morgan fingerprint density at radius 1 is 1.26 bits per heavy atom. The highest BCUT2D eigenvalue weighted by Crippen LogP contribution is 2.26. The van der Waals surface area contributed by atoms with Gasteiger partial charge in [-0.2, -0.15) is 0 Å². The maximum absolute atomic E-state index is 12.5. The summed E-state index contributed by atoms with van der Waals surface area (Å²) in [5, 5.41) is 2.81. The number of urea groups is 1. The fourth-order valence-corrected chi connectivity index (χ4v) is 2.56. The number of carbonyl (C=O) groups excluding carboxylic acids is 2. The molecule has 1 unspecified atom stereocenters. The van der Waals surface area contributed by atoms with Crippen molar-refractivity contribution in [1.29, 1.82) is 0 Å². The summed E-state index contributed by atoms with van der Waals surface area (Å²) in [6.07, 6.45) is 1.40. The maximum atomic E-state index is 12.5. The van der Waals surface area contributed by atoms with Gasteiger partial charge in [0, 0.05) is 6.54 Å². The predicted octanol–water partition coefficient (Wildman–Crippen LogP) is 3.03. The SMILES string of the molecule is COc1ccccc1NC(=O)N1CCCC1C(=O)OC(C)(C)C. The average molecular weight is 320 g/mol. The quantitative estimate of drug-likeness (QED) is 0.869. The van der Waals surface area contributed by atoms with Crippen LogP contribution >= 0.6 is 0 Å². The van der Waals surface area contributed by atoms with Crippen LogP contribution in [-0.4, -0.2) is 42.2 Å². The van der Waals surface area contributed by atoms with E-state index in [4.69, 9.17) is 9.47 Å². The Morgan fingerprint density at radius 3 is 2.61 bits per heavy atom. The number of anilines is 1. The van der Waals surface area contributed by atoms with Gasteiger partial charge in [0.2, 0.25) is 0 Å². The van der Waals surface area contributed by atoms with Gasteiger partial charge in [-0.15, -0.1) is 0 Å². The van der Waals surface area contributed by atoms with E-state index in [0.717, 1.165) is 6.42 Å². The molecule has 1 heterocycles. The van der Waals surface area contributed by atoms with Gasteiger partial charge >= 0.3 is 12.0 Å². The molecule has 0 radical (unpaired) electrons. The average Bonchev–Trinajstić information content (AvgIpc) is 2.95. The van der Waals surface area contributed by atoms with Crippen molar-refractivity contribution in [2.75, 3.05) is 19.0 Å². The second-order valence-corrected chi connectivity index (χ2v) is 6.52. The van der Waals surface area contributed by atoms with Crippen molar-refractivity contribution in [3.05, 3.63) is 24.3 Å². The topological polar surface area (TPSA) is 67.9 Å². The molecule has 0 saturated carbocycles. The Bertz CT molecular complexity index is 580. The smallest absolute Gasteiger partial charge is 0.329 e. The molecule has 2 amide bonds. The Morgan fingerprint density at radius 2 is 1.96 bits per heavy atom. The van der Waals surface area contributed by atoms with Crippen LogP contribution in [0.2, 0.25) is 0 Å². The van der Waals surface area contributed by atoms with E-state index in [2.05, 4.69) is 5.32 Å². The molecule has 1 fully saturated rings. The zero-order chi connectivity index (χ0) is 17.0. The first kappa shape index (κ1) is 17.1. The van der Waals surface area contributed by atoms with Gasteiger partial charge in [-0.3, -0.25) is 0 Å². The van der Waals surface area contributed by atoms with Gasteiger partial charge in [-0.25, -0.2) is 9.59 Å². The standard InChI is InChI=1S/C17H24N2O4/c1-17(2,3)23-15(20)13-9-7-11-19(13)16(21)18-12-8-5-6-10-14(12)22-4/h5-6,8,10,13H,7,9,11H2,1-4H3,(H,18,21). The van der Waals surface area contributed by atoms with E-state index in [-0.39, 0.29) is 12.0 Å². The number of benzene rings is 1. The van der Waals surface area contributed by atoms with E-state index in [1.807, 2.05) is 32.9 Å². The molecule has 0 spiro atoms. The summed E-state index contributed by atoms with van der Waals surface area (Å²) in [4.78, 5) is 26.3. The molecule has 0 bridgehead atoms. The molecule has 6 nitrogen and oxygen atoms in total. The van der Waals surface area contributed by atoms with E-state index in [9.17, 15) is 9.59 Å². The molecular weight excluding hydrogens is 296 g/mol. The summed E-state index contributed by atoms with van der Waals surface area (Å²) < 4.78 is 10.6. The third-order valence-corrected chi connectivity index (χ3v) is 3.54. The van der Waals surface area contributed by atoms with E-state index < -0.39 is 11.6 Å². The lowest BCUT2D eigenvalue weighted by molar-refractivity contribution is -0.159. The van der Waals surface area contributed by atoms with Crippen LogP contribution in [0.5, 0.6) is 5.75 Å². The van der Waals surface area contributed by atoms with Crippen LogP contribution in [0.1, 0.15) is 33.6 Å². The highest BCUT2D eigenvalue weighted by atomic mass is 16.6. The fraction of sp³-hybridized carbons (Fsp3) is 0.529. The minimum absolute atomic E-state index is 0.317. The van der Waals surface area contributed by atoms with Crippen LogP contribution in [0.3, 0.4) is 0 Å². The Balaban J connectivity index is 2.07. The monoisotopic (exact) mass is 320 g/mol. The van der Waals surface area contributed by atoms with Gasteiger partial charge in [-0.1, -0.05) is 12.1 Å². The van der Waals surface area contributed by atoms with Gasteiger partial charge in [0.1, 0.15) is 17.4 Å². The molecule has 0 aliphatic carbocycles. The lowest BCUT2D eigenvalue weighted by Crippen LogP contribution is -2.45. The first-order valence-corrected chi connectivity index (χ1v) is 7.75. The molecule has 126 valence electrons. The summed E-state index contributed by atoms with van der Waals surface area (Å²) in [6.45, 7) is 5.99. The number of methoxy groups -OCH3 is 1. The van der Waals surface area contributed by atoms with Crippen molar-refractivity contribution < 1.29 is 19.1 Å². The molecule has 1 aliphatic rings. The first-order chi connectivity index (χ1) is 10.8. The summed E-state index contributed by atoms with van der Waals surface area (Å²) in [5.41, 5.74) is 0.0135. The van der Waals surface area contributed by atoms with Crippen LogP contribution < -0.4 is 10.1 Å². The largest absolute Gasteiger partial charge is 0.495 e. The van der Waals surface area contributed by atoms with E-state index >= 15 is 0 Å². The van der Waals surface area contributed by atoms with Crippen molar-refractivity contribution >= 4 is 17.7 Å². The third kappa shape index (κ3) is 4.37. The number of likely N-dealkylation sites (tertiary alicyclic amines) is 1. The first-order valence-electron chi connectivity index (χ1n) is 7.75. The minimum Gasteiger partial charge on any atom is -0.495 e. The molecule has 0 aromatic heterocycles. The normalized spacial score (nSPS) is 17.7. The molecular formula is C17H24N2O4. The molecule has 1 N–H and O–H groups in total. The Kier molecular flexibility index (Phi) is 5.13. The van der Waals surface area contributed by atoms with Gasteiger partial charge in [0.05, 0.1) is 12.8 Å². The van der Waals surface area contributed by atoms with E-state index in [1.165, 1.54) is 4.90 Å². The molecule has 1 aliphatic heterocycles. The number of nitrogens with zero attached hydrogens (tertiary/aromatic N) is 1. The zero-order valence-electron chi connectivity index (χ0n) is 14.1. The minimum atomic E-state index is -0.565. The summed E-state index contributed by atoms with van der Waals surface area (Å²) in [5.74, 6) is 0.221. The summed E-state index contributed by atoms with van der Waals surface area (Å²) in [6, 6.07) is 6.31. The molecule has 6 heteroatoms. The lowest BCUT2D eigenvalue weighted by atomic mass is 10.1. The van der Waals surface area contributed by atoms with Gasteiger partial charge < -0.3 is 19.7 Å². The Labute approximate surface area is 136 Å². The number of carbonyl (C=O) groups is 2. The third-order valence-electron chi connectivity index (χ3n) is 3.54. The molecule has 1 atom stereocenters. The number of para-hydroxylation sites is 2. The van der Waals surface area contributed by atoms with Gasteiger partial charge in [0.25, 0.3) is 0 Å². The number of amides is 2. The van der Waals surface area contributed by atoms with Crippen molar-refractivity contribution in [1.82, 2.24) is 4.90 Å². The number of ether oxygens (including phenoxy) is 2. The number of esters is 1. The lowest BCUT2D eigenvalue weighted by Gasteiger charge is -2.27. The van der Waals surface area contributed by atoms with E-state index in [0.29, 0.717) is 24.4 Å². The number of nitrogens with one attached hydrogen (secondary N) is 1.